The summed E-state index contributed by atoms with van der Waals surface area (Å²) in [7, 11) is 0. The monoisotopic (exact) mass is 394 g/mol. The van der Waals surface area contributed by atoms with Crippen molar-refractivity contribution in [2.24, 2.45) is 0 Å². The van der Waals surface area contributed by atoms with E-state index in [1.54, 1.807) is 6.33 Å². The number of aromatic nitrogens is 4. The Balaban J connectivity index is 2.00. The minimum atomic E-state index is 0.588. The highest BCUT2D eigenvalue weighted by atomic mass is 127. The third kappa shape index (κ3) is 3.07. The highest BCUT2D eigenvalue weighted by Gasteiger charge is 2.11. The summed E-state index contributed by atoms with van der Waals surface area (Å²) < 4.78 is 1.13. The number of hydrogen-bond acceptors (Lipinski definition) is 5. The van der Waals surface area contributed by atoms with Gasteiger partial charge in [0, 0.05) is 10.1 Å². The molecule has 108 valence electrons. The molecule has 0 saturated heterocycles. The highest BCUT2D eigenvalue weighted by Crippen LogP contribution is 2.25. The fourth-order valence-corrected chi connectivity index (χ4v) is 2.45. The van der Waals surface area contributed by atoms with Crippen molar-refractivity contribution < 1.29 is 0 Å². The summed E-state index contributed by atoms with van der Waals surface area (Å²) >= 11 is 2.29. The van der Waals surface area contributed by atoms with Crippen LogP contribution in [0.4, 0.5) is 17.5 Å². The fraction of sp³-hybridized carbons (Fsp3) is 0.214. The first-order valence-electron chi connectivity index (χ1n) is 6.74. The second-order valence-electron chi connectivity index (χ2n) is 4.53. The van der Waals surface area contributed by atoms with Crippen LogP contribution in [0.15, 0.2) is 30.6 Å². The Bertz CT molecular complexity index is 754. The number of aromatic amines is 1. The molecule has 0 aliphatic heterocycles. The molecule has 2 aromatic heterocycles. The predicted molar refractivity (Wildman–Crippen MR) is 92.9 cm³/mol. The standard InChI is InChI=1S/C14H15IN6/c1-2-7-16-14-20-12-11(17-8-18-12)13(21-14)19-10-6-4-3-5-9(10)15/h3-6,8H,2,7H2,1H3,(H3,16,17,18,19,20,21). The Morgan fingerprint density at radius 1 is 1.24 bits per heavy atom. The number of halogens is 1. The van der Waals surface area contributed by atoms with Gasteiger partial charge < -0.3 is 15.6 Å². The van der Waals surface area contributed by atoms with Crippen molar-refractivity contribution in [1.29, 1.82) is 0 Å². The van der Waals surface area contributed by atoms with Crippen molar-refractivity contribution >= 4 is 51.2 Å². The number of anilines is 3. The lowest BCUT2D eigenvalue weighted by atomic mass is 10.3. The summed E-state index contributed by atoms with van der Waals surface area (Å²) in [5, 5.41) is 6.55. The first-order valence-corrected chi connectivity index (χ1v) is 7.82. The molecule has 6 nitrogen and oxygen atoms in total. The SMILES string of the molecule is CCCNc1nc(Nc2ccccc2I)c2[nH]cnc2n1. The lowest BCUT2D eigenvalue weighted by Gasteiger charge is -2.10. The van der Waals surface area contributed by atoms with Crippen molar-refractivity contribution in [2.45, 2.75) is 13.3 Å². The lowest BCUT2D eigenvalue weighted by molar-refractivity contribution is 0.956. The summed E-state index contributed by atoms with van der Waals surface area (Å²) in [6.07, 6.45) is 2.64. The van der Waals surface area contributed by atoms with E-state index in [1.165, 1.54) is 0 Å². The zero-order valence-corrected chi connectivity index (χ0v) is 13.7. The van der Waals surface area contributed by atoms with Crippen molar-refractivity contribution in [3.05, 3.63) is 34.2 Å². The molecule has 0 amide bonds. The minimum absolute atomic E-state index is 0.588. The molecule has 0 unspecified atom stereocenters. The second-order valence-corrected chi connectivity index (χ2v) is 5.69. The smallest absolute Gasteiger partial charge is 0.226 e. The van der Waals surface area contributed by atoms with E-state index in [2.05, 4.69) is 60.1 Å². The summed E-state index contributed by atoms with van der Waals surface area (Å²) in [5.41, 5.74) is 2.46. The van der Waals surface area contributed by atoms with Gasteiger partial charge in [-0.1, -0.05) is 19.1 Å². The summed E-state index contributed by atoms with van der Waals surface area (Å²) in [5.74, 6) is 1.31. The average molecular weight is 394 g/mol. The van der Waals surface area contributed by atoms with Crippen molar-refractivity contribution in [1.82, 2.24) is 19.9 Å². The zero-order valence-electron chi connectivity index (χ0n) is 11.5. The Labute approximate surface area is 135 Å². The third-order valence-corrected chi connectivity index (χ3v) is 3.89. The molecule has 3 rings (SSSR count). The van der Waals surface area contributed by atoms with Crippen LogP contribution < -0.4 is 10.6 Å². The van der Waals surface area contributed by atoms with Crippen molar-refractivity contribution in [3.8, 4) is 0 Å². The quantitative estimate of drug-likeness (QED) is 0.578. The van der Waals surface area contributed by atoms with Crippen molar-refractivity contribution in [3.63, 3.8) is 0 Å². The van der Waals surface area contributed by atoms with E-state index in [4.69, 9.17) is 0 Å². The van der Waals surface area contributed by atoms with E-state index in [0.29, 0.717) is 11.6 Å². The van der Waals surface area contributed by atoms with Crippen LogP contribution in [0.1, 0.15) is 13.3 Å². The molecule has 1 aromatic carbocycles. The minimum Gasteiger partial charge on any atom is -0.354 e. The highest BCUT2D eigenvalue weighted by molar-refractivity contribution is 14.1. The van der Waals surface area contributed by atoms with Gasteiger partial charge in [0.05, 0.1) is 12.0 Å². The van der Waals surface area contributed by atoms with Gasteiger partial charge in [0.1, 0.15) is 5.52 Å². The molecule has 0 aliphatic rings. The van der Waals surface area contributed by atoms with Crippen LogP contribution in [-0.2, 0) is 0 Å². The molecule has 0 atom stereocenters. The maximum atomic E-state index is 4.54. The molecule has 0 fully saturated rings. The second kappa shape index (κ2) is 6.25. The van der Waals surface area contributed by atoms with Gasteiger partial charge in [-0.25, -0.2) is 4.98 Å². The maximum Gasteiger partial charge on any atom is 0.226 e. The van der Waals surface area contributed by atoms with E-state index in [0.717, 1.165) is 33.6 Å². The number of para-hydroxylation sites is 1. The van der Waals surface area contributed by atoms with Gasteiger partial charge in [0.2, 0.25) is 5.95 Å². The average Bonchev–Trinajstić information content (AvgIpc) is 2.96. The van der Waals surface area contributed by atoms with Crippen molar-refractivity contribution in [2.75, 3.05) is 17.2 Å². The molecule has 0 bridgehead atoms. The Morgan fingerprint density at radius 2 is 2.10 bits per heavy atom. The summed E-state index contributed by atoms with van der Waals surface area (Å²) in [6, 6.07) is 8.06. The van der Waals surface area contributed by atoms with Crippen LogP contribution in [0.2, 0.25) is 0 Å². The molecular formula is C14H15IN6. The van der Waals surface area contributed by atoms with Gasteiger partial charge in [0.25, 0.3) is 0 Å². The van der Waals surface area contributed by atoms with Crippen LogP contribution in [0, 0.1) is 3.57 Å². The first-order chi connectivity index (χ1) is 10.3. The number of H-pyrrole nitrogens is 1. The number of benzene rings is 1. The molecule has 21 heavy (non-hydrogen) atoms. The Morgan fingerprint density at radius 3 is 2.90 bits per heavy atom. The zero-order chi connectivity index (χ0) is 14.7. The van der Waals surface area contributed by atoms with Gasteiger partial charge >= 0.3 is 0 Å². The topological polar surface area (TPSA) is 78.5 Å². The number of imidazole rings is 1. The third-order valence-electron chi connectivity index (χ3n) is 2.95. The van der Waals surface area contributed by atoms with Gasteiger partial charge in [-0.3, -0.25) is 0 Å². The van der Waals surface area contributed by atoms with Gasteiger partial charge in [0.15, 0.2) is 11.5 Å². The molecule has 0 radical (unpaired) electrons. The number of rotatable bonds is 5. The Hall–Kier alpha value is -1.90. The molecule has 0 spiro atoms. The molecule has 0 saturated carbocycles. The number of nitrogens with zero attached hydrogens (tertiary/aromatic N) is 3. The van der Waals surface area contributed by atoms with Crippen LogP contribution in [0.3, 0.4) is 0 Å². The summed E-state index contributed by atoms with van der Waals surface area (Å²) in [6.45, 7) is 2.93. The lowest BCUT2D eigenvalue weighted by Crippen LogP contribution is -2.07. The van der Waals surface area contributed by atoms with E-state index >= 15 is 0 Å². The number of fused-ring (bicyclic) bond motifs is 1. The van der Waals surface area contributed by atoms with Crippen LogP contribution in [-0.4, -0.2) is 26.5 Å². The molecule has 2 heterocycles. The Kier molecular flexibility index (Phi) is 4.18. The molecule has 3 aromatic rings. The fourth-order valence-electron chi connectivity index (χ4n) is 1.93. The first kappa shape index (κ1) is 14.1. The van der Waals surface area contributed by atoms with E-state index < -0.39 is 0 Å². The molecule has 7 heteroatoms. The molecule has 0 aliphatic carbocycles. The number of hydrogen-bond donors (Lipinski definition) is 3. The predicted octanol–water partition coefficient (Wildman–Crippen LogP) is 3.52. The maximum absolute atomic E-state index is 4.54. The molecular weight excluding hydrogens is 379 g/mol. The van der Waals surface area contributed by atoms with Crippen LogP contribution >= 0.6 is 22.6 Å². The van der Waals surface area contributed by atoms with Crippen LogP contribution in [0.5, 0.6) is 0 Å². The number of nitrogens with one attached hydrogen (secondary N) is 3. The van der Waals surface area contributed by atoms with Gasteiger partial charge in [-0.05, 0) is 41.1 Å². The van der Waals surface area contributed by atoms with E-state index in [1.807, 2.05) is 24.3 Å². The van der Waals surface area contributed by atoms with Gasteiger partial charge in [-0.15, -0.1) is 0 Å². The van der Waals surface area contributed by atoms with E-state index in [-0.39, 0.29) is 0 Å². The summed E-state index contributed by atoms with van der Waals surface area (Å²) in [4.78, 5) is 16.2. The van der Waals surface area contributed by atoms with Gasteiger partial charge in [-0.2, -0.15) is 9.97 Å². The normalized spacial score (nSPS) is 10.8. The largest absolute Gasteiger partial charge is 0.354 e. The molecule has 3 N–H and O–H groups in total. The van der Waals surface area contributed by atoms with E-state index in [9.17, 15) is 0 Å². The van der Waals surface area contributed by atoms with Crippen LogP contribution in [0.25, 0.3) is 11.2 Å².